The van der Waals surface area contributed by atoms with Crippen molar-refractivity contribution in [2.75, 3.05) is 7.11 Å². The second-order valence-electron chi connectivity index (χ2n) is 6.95. The van der Waals surface area contributed by atoms with Gasteiger partial charge in [-0.15, -0.1) is 0 Å². The molecule has 0 unspecified atom stereocenters. The summed E-state index contributed by atoms with van der Waals surface area (Å²) in [5.74, 6) is 1.82. The molecule has 2 aromatic carbocycles. The minimum absolute atomic E-state index is 0.0665. The fourth-order valence-electron chi connectivity index (χ4n) is 3.81. The molecule has 1 fully saturated rings. The van der Waals surface area contributed by atoms with Gasteiger partial charge < -0.3 is 4.74 Å². The summed E-state index contributed by atoms with van der Waals surface area (Å²) in [5.41, 5.74) is 2.79. The van der Waals surface area contributed by atoms with Crippen LogP contribution in [0.4, 0.5) is 5.69 Å². The van der Waals surface area contributed by atoms with Crippen LogP contribution in [0.1, 0.15) is 43.7 Å². The summed E-state index contributed by atoms with van der Waals surface area (Å²) >= 11 is 0. The summed E-state index contributed by atoms with van der Waals surface area (Å²) in [6.45, 7) is 0. The van der Waals surface area contributed by atoms with E-state index in [9.17, 15) is 10.1 Å². The van der Waals surface area contributed by atoms with Crippen molar-refractivity contribution < 1.29 is 9.66 Å². The zero-order chi connectivity index (χ0) is 18.8. The number of rotatable bonds is 4. The number of nitro benzene ring substituents is 1. The Morgan fingerprint density at radius 1 is 1.04 bits per heavy atom. The minimum atomic E-state index is -0.398. The average molecular weight is 363 g/mol. The first kappa shape index (κ1) is 17.4. The van der Waals surface area contributed by atoms with Gasteiger partial charge in [0.1, 0.15) is 5.75 Å². The van der Waals surface area contributed by atoms with E-state index in [0.717, 1.165) is 40.8 Å². The molecule has 1 saturated carbocycles. The lowest BCUT2D eigenvalue weighted by atomic mass is 9.85. The van der Waals surface area contributed by atoms with Crippen molar-refractivity contribution in [3.05, 3.63) is 58.3 Å². The van der Waals surface area contributed by atoms with E-state index in [1.165, 1.54) is 31.4 Å². The number of hydrogen-bond acceptors (Lipinski definition) is 5. The predicted molar refractivity (Wildman–Crippen MR) is 104 cm³/mol. The van der Waals surface area contributed by atoms with E-state index in [1.54, 1.807) is 19.2 Å². The van der Waals surface area contributed by atoms with E-state index in [-0.39, 0.29) is 5.69 Å². The summed E-state index contributed by atoms with van der Waals surface area (Å²) in [5, 5.41) is 11.9. The molecule has 0 N–H and O–H groups in total. The van der Waals surface area contributed by atoms with Crippen molar-refractivity contribution in [1.29, 1.82) is 0 Å². The minimum Gasteiger partial charge on any atom is -0.497 e. The summed E-state index contributed by atoms with van der Waals surface area (Å²) in [4.78, 5) is 20.1. The van der Waals surface area contributed by atoms with Gasteiger partial charge in [-0.3, -0.25) is 10.1 Å². The monoisotopic (exact) mass is 363 g/mol. The molecule has 1 aliphatic carbocycles. The van der Waals surface area contributed by atoms with Crippen molar-refractivity contribution >= 4 is 16.6 Å². The predicted octanol–water partition coefficient (Wildman–Crippen LogP) is 5.26. The number of benzene rings is 2. The lowest BCUT2D eigenvalue weighted by Crippen LogP contribution is -2.09. The normalized spacial score (nSPS) is 15.0. The topological polar surface area (TPSA) is 78.2 Å². The van der Waals surface area contributed by atoms with Gasteiger partial charge in [-0.2, -0.15) is 0 Å². The quantitative estimate of drug-likeness (QED) is 0.466. The van der Waals surface area contributed by atoms with Crippen LogP contribution < -0.4 is 4.74 Å². The number of fused-ring (bicyclic) bond motifs is 1. The molecule has 0 radical (unpaired) electrons. The van der Waals surface area contributed by atoms with Crippen molar-refractivity contribution in [3.63, 3.8) is 0 Å². The van der Waals surface area contributed by atoms with Gasteiger partial charge in [0.2, 0.25) is 0 Å². The Labute approximate surface area is 157 Å². The number of non-ortho nitro benzene ring substituents is 1. The van der Waals surface area contributed by atoms with Crippen LogP contribution >= 0.6 is 0 Å². The largest absolute Gasteiger partial charge is 0.497 e. The first-order chi connectivity index (χ1) is 13.2. The smallest absolute Gasteiger partial charge is 0.269 e. The summed E-state index contributed by atoms with van der Waals surface area (Å²) in [6, 6.07) is 12.3. The van der Waals surface area contributed by atoms with E-state index in [4.69, 9.17) is 14.7 Å². The van der Waals surface area contributed by atoms with E-state index < -0.39 is 4.92 Å². The second-order valence-corrected chi connectivity index (χ2v) is 6.95. The molecule has 1 heterocycles. The molecule has 0 bridgehead atoms. The van der Waals surface area contributed by atoms with Gasteiger partial charge in [0.15, 0.2) is 5.82 Å². The number of hydrogen-bond donors (Lipinski definition) is 0. The van der Waals surface area contributed by atoms with Gasteiger partial charge in [-0.05, 0) is 43.2 Å². The fourth-order valence-corrected chi connectivity index (χ4v) is 3.81. The van der Waals surface area contributed by atoms with Crippen LogP contribution in [0.5, 0.6) is 5.75 Å². The molecule has 0 atom stereocenters. The third kappa shape index (κ3) is 3.47. The number of nitro groups is 1. The van der Waals surface area contributed by atoms with E-state index in [1.807, 2.05) is 18.2 Å². The summed E-state index contributed by atoms with van der Waals surface area (Å²) in [6.07, 6.45) is 5.96. The molecular weight excluding hydrogens is 342 g/mol. The summed E-state index contributed by atoms with van der Waals surface area (Å²) in [7, 11) is 1.66. The molecule has 0 spiro atoms. The Balaban J connectivity index is 1.85. The highest BCUT2D eigenvalue weighted by atomic mass is 16.6. The molecule has 1 aromatic heterocycles. The van der Waals surface area contributed by atoms with Crippen LogP contribution in [-0.2, 0) is 0 Å². The van der Waals surface area contributed by atoms with Crippen LogP contribution in [0.2, 0.25) is 0 Å². The SMILES string of the molecule is COc1ccc2nc(-c3ccc([N+](=O)[O-])cc3)nc(C3CCCCC3)c2c1. The first-order valence-electron chi connectivity index (χ1n) is 9.26. The van der Waals surface area contributed by atoms with Crippen molar-refractivity contribution in [3.8, 4) is 17.1 Å². The Morgan fingerprint density at radius 2 is 1.78 bits per heavy atom. The summed E-state index contributed by atoms with van der Waals surface area (Å²) < 4.78 is 5.40. The number of aromatic nitrogens is 2. The van der Waals surface area contributed by atoms with Crippen LogP contribution in [0, 0.1) is 10.1 Å². The standard InChI is InChI=1S/C21H21N3O3/c1-27-17-11-12-19-18(13-17)20(14-5-3-2-4-6-14)23-21(22-19)15-7-9-16(10-8-15)24(25)26/h7-14H,2-6H2,1H3. The maximum Gasteiger partial charge on any atom is 0.269 e. The van der Waals surface area contributed by atoms with Gasteiger partial charge >= 0.3 is 0 Å². The molecule has 27 heavy (non-hydrogen) atoms. The Bertz CT molecular complexity index is 980. The van der Waals surface area contributed by atoms with E-state index in [0.29, 0.717) is 11.7 Å². The molecule has 138 valence electrons. The zero-order valence-electron chi connectivity index (χ0n) is 15.2. The zero-order valence-corrected chi connectivity index (χ0v) is 15.2. The number of nitrogens with zero attached hydrogens (tertiary/aromatic N) is 3. The molecular formula is C21H21N3O3. The maximum absolute atomic E-state index is 10.9. The van der Waals surface area contributed by atoms with Crippen LogP contribution in [0.25, 0.3) is 22.3 Å². The molecule has 6 heteroatoms. The van der Waals surface area contributed by atoms with Gasteiger partial charge in [0.05, 0.1) is 23.2 Å². The van der Waals surface area contributed by atoms with Crippen LogP contribution in [0.3, 0.4) is 0 Å². The Hall–Kier alpha value is -3.02. The highest BCUT2D eigenvalue weighted by Gasteiger charge is 2.21. The van der Waals surface area contributed by atoms with E-state index in [2.05, 4.69) is 0 Å². The van der Waals surface area contributed by atoms with Crippen LogP contribution in [0.15, 0.2) is 42.5 Å². The van der Waals surface area contributed by atoms with Crippen LogP contribution in [-0.4, -0.2) is 22.0 Å². The van der Waals surface area contributed by atoms with Crippen molar-refractivity contribution in [2.45, 2.75) is 38.0 Å². The maximum atomic E-state index is 10.9. The van der Waals surface area contributed by atoms with Gasteiger partial charge in [-0.25, -0.2) is 9.97 Å². The molecule has 4 rings (SSSR count). The third-order valence-corrected chi connectivity index (χ3v) is 5.26. The molecule has 0 saturated heterocycles. The van der Waals surface area contributed by atoms with Gasteiger partial charge in [-0.1, -0.05) is 19.3 Å². The second kappa shape index (κ2) is 7.31. The molecule has 1 aliphatic rings. The Morgan fingerprint density at radius 3 is 2.44 bits per heavy atom. The lowest BCUT2D eigenvalue weighted by molar-refractivity contribution is -0.384. The molecule has 0 amide bonds. The first-order valence-corrected chi connectivity index (χ1v) is 9.26. The Kier molecular flexibility index (Phi) is 4.71. The highest BCUT2D eigenvalue weighted by Crippen LogP contribution is 2.37. The molecule has 3 aromatic rings. The van der Waals surface area contributed by atoms with Gasteiger partial charge in [0.25, 0.3) is 5.69 Å². The average Bonchev–Trinajstić information content (AvgIpc) is 2.73. The van der Waals surface area contributed by atoms with Gasteiger partial charge in [0, 0.05) is 29.0 Å². The van der Waals surface area contributed by atoms with Crippen molar-refractivity contribution in [1.82, 2.24) is 9.97 Å². The van der Waals surface area contributed by atoms with E-state index >= 15 is 0 Å². The fraction of sp³-hybridized carbons (Fsp3) is 0.333. The number of ether oxygens (including phenoxy) is 1. The highest BCUT2D eigenvalue weighted by molar-refractivity contribution is 5.84. The molecule has 0 aliphatic heterocycles. The lowest BCUT2D eigenvalue weighted by Gasteiger charge is -2.23. The number of methoxy groups -OCH3 is 1. The van der Waals surface area contributed by atoms with Crippen molar-refractivity contribution in [2.24, 2.45) is 0 Å². The molecule has 6 nitrogen and oxygen atoms in total. The third-order valence-electron chi connectivity index (χ3n) is 5.26.